The molecule has 0 unspecified atom stereocenters. The van der Waals surface area contributed by atoms with Crippen LogP contribution >= 0.6 is 0 Å². The normalized spacial score (nSPS) is 18.2. The van der Waals surface area contributed by atoms with E-state index in [2.05, 4.69) is 15.5 Å². The van der Waals surface area contributed by atoms with Crippen LogP contribution in [0.3, 0.4) is 0 Å². The molecule has 0 atom stereocenters. The molecular weight excluding hydrogens is 262 g/mol. The van der Waals surface area contributed by atoms with Crippen molar-refractivity contribution < 1.29 is 19.1 Å². The summed E-state index contributed by atoms with van der Waals surface area (Å²) in [7, 11) is 0. The van der Waals surface area contributed by atoms with Crippen molar-refractivity contribution in [1.82, 2.24) is 10.2 Å². The molecule has 0 saturated heterocycles. The molecule has 1 aromatic heterocycles. The molecule has 1 amide bonds. The second-order valence-electron chi connectivity index (χ2n) is 5.35. The SMILES string of the molecule is Cc1nnc(NC(=O)CC2(C(=O)O)CCCCCC2)o1. The molecule has 1 aliphatic rings. The fourth-order valence-electron chi connectivity index (χ4n) is 2.69. The second-order valence-corrected chi connectivity index (χ2v) is 5.35. The lowest BCUT2D eigenvalue weighted by Crippen LogP contribution is -2.35. The standard InChI is InChI=1S/C13H19N3O4/c1-9-15-16-12(20-9)14-10(17)8-13(11(18)19)6-4-2-3-5-7-13/h2-8H2,1H3,(H,18,19)(H,14,16,17). The smallest absolute Gasteiger partial charge is 0.322 e. The molecule has 1 saturated carbocycles. The van der Waals surface area contributed by atoms with Gasteiger partial charge in [0.25, 0.3) is 0 Å². The van der Waals surface area contributed by atoms with Crippen molar-refractivity contribution in [3.05, 3.63) is 5.89 Å². The number of amides is 1. The number of carboxylic acid groups (broad SMARTS) is 1. The molecule has 2 rings (SSSR count). The van der Waals surface area contributed by atoms with Gasteiger partial charge >= 0.3 is 12.0 Å². The summed E-state index contributed by atoms with van der Waals surface area (Å²) in [5.74, 6) is -0.933. The van der Waals surface area contributed by atoms with Crippen LogP contribution < -0.4 is 5.32 Å². The zero-order valence-electron chi connectivity index (χ0n) is 11.5. The Labute approximate surface area is 116 Å². The summed E-state index contributed by atoms with van der Waals surface area (Å²) in [6.07, 6.45) is 4.78. The predicted molar refractivity (Wildman–Crippen MR) is 70.1 cm³/mol. The summed E-state index contributed by atoms with van der Waals surface area (Å²) in [6, 6.07) is 0.0154. The maximum atomic E-state index is 12.0. The lowest BCUT2D eigenvalue weighted by molar-refractivity contribution is -0.152. The molecule has 0 radical (unpaired) electrons. The summed E-state index contributed by atoms with van der Waals surface area (Å²) in [6.45, 7) is 1.62. The zero-order chi connectivity index (χ0) is 14.6. The maximum Gasteiger partial charge on any atom is 0.322 e. The van der Waals surface area contributed by atoms with Crippen LogP contribution in [0.4, 0.5) is 6.01 Å². The number of aliphatic carboxylic acids is 1. The van der Waals surface area contributed by atoms with Gasteiger partial charge in [0.15, 0.2) is 0 Å². The summed E-state index contributed by atoms with van der Waals surface area (Å²) < 4.78 is 5.06. The quantitative estimate of drug-likeness (QED) is 0.819. The first-order valence-electron chi connectivity index (χ1n) is 6.85. The Morgan fingerprint density at radius 3 is 2.40 bits per heavy atom. The van der Waals surface area contributed by atoms with Gasteiger partial charge in [-0.25, -0.2) is 0 Å². The number of aromatic nitrogens is 2. The van der Waals surface area contributed by atoms with E-state index >= 15 is 0 Å². The van der Waals surface area contributed by atoms with Gasteiger partial charge < -0.3 is 9.52 Å². The van der Waals surface area contributed by atoms with E-state index in [1.165, 1.54) is 0 Å². The molecule has 2 N–H and O–H groups in total. The van der Waals surface area contributed by atoms with Crippen molar-refractivity contribution in [2.24, 2.45) is 5.41 Å². The molecular formula is C13H19N3O4. The van der Waals surface area contributed by atoms with E-state index in [1.807, 2.05) is 0 Å². The Kier molecular flexibility index (Phi) is 4.36. The fraction of sp³-hybridized carbons (Fsp3) is 0.692. The first kappa shape index (κ1) is 14.5. The molecule has 0 aromatic carbocycles. The highest BCUT2D eigenvalue weighted by molar-refractivity contribution is 5.92. The number of nitrogens with zero attached hydrogens (tertiary/aromatic N) is 2. The molecule has 1 aliphatic carbocycles. The number of rotatable bonds is 4. The fourth-order valence-corrected chi connectivity index (χ4v) is 2.69. The molecule has 1 fully saturated rings. The largest absolute Gasteiger partial charge is 0.481 e. The minimum atomic E-state index is -0.963. The highest BCUT2D eigenvalue weighted by atomic mass is 16.4. The van der Waals surface area contributed by atoms with Crippen LogP contribution in [-0.4, -0.2) is 27.2 Å². The van der Waals surface area contributed by atoms with Crippen LogP contribution in [0.5, 0.6) is 0 Å². The third kappa shape index (κ3) is 3.34. The number of nitrogens with one attached hydrogen (secondary N) is 1. The van der Waals surface area contributed by atoms with Crippen LogP contribution in [-0.2, 0) is 9.59 Å². The van der Waals surface area contributed by atoms with Gasteiger partial charge in [0.2, 0.25) is 11.8 Å². The zero-order valence-corrected chi connectivity index (χ0v) is 11.5. The number of carboxylic acids is 1. The molecule has 0 spiro atoms. The molecule has 0 bridgehead atoms. The molecule has 110 valence electrons. The summed E-state index contributed by atoms with van der Waals surface area (Å²) in [5, 5.41) is 19.2. The molecule has 7 nitrogen and oxygen atoms in total. The Morgan fingerprint density at radius 2 is 1.90 bits per heavy atom. The Balaban J connectivity index is 2.03. The van der Waals surface area contributed by atoms with Gasteiger partial charge in [0, 0.05) is 13.3 Å². The number of anilines is 1. The van der Waals surface area contributed by atoms with Crippen molar-refractivity contribution in [1.29, 1.82) is 0 Å². The van der Waals surface area contributed by atoms with E-state index in [9.17, 15) is 14.7 Å². The third-order valence-electron chi connectivity index (χ3n) is 3.79. The van der Waals surface area contributed by atoms with Gasteiger partial charge in [-0.3, -0.25) is 14.9 Å². The highest BCUT2D eigenvalue weighted by Crippen LogP contribution is 2.38. The van der Waals surface area contributed by atoms with Gasteiger partial charge in [-0.1, -0.05) is 30.8 Å². The summed E-state index contributed by atoms with van der Waals surface area (Å²) in [5.41, 5.74) is -0.963. The van der Waals surface area contributed by atoms with Crippen molar-refractivity contribution in [3.8, 4) is 0 Å². The Bertz CT molecular complexity index is 490. The van der Waals surface area contributed by atoms with Crippen molar-refractivity contribution in [2.45, 2.75) is 51.9 Å². The number of carbonyl (C=O) groups is 2. The van der Waals surface area contributed by atoms with Crippen LogP contribution in [0.25, 0.3) is 0 Å². The monoisotopic (exact) mass is 281 g/mol. The van der Waals surface area contributed by atoms with Crippen molar-refractivity contribution in [3.63, 3.8) is 0 Å². The number of hydrogen-bond donors (Lipinski definition) is 2. The van der Waals surface area contributed by atoms with Gasteiger partial charge in [-0.15, -0.1) is 5.10 Å². The summed E-state index contributed by atoms with van der Waals surface area (Å²) >= 11 is 0. The Morgan fingerprint density at radius 1 is 1.25 bits per heavy atom. The van der Waals surface area contributed by atoms with Gasteiger partial charge in [0.1, 0.15) is 0 Å². The van der Waals surface area contributed by atoms with Gasteiger partial charge in [0.05, 0.1) is 5.41 Å². The molecule has 7 heteroatoms. The van der Waals surface area contributed by atoms with Gasteiger partial charge in [-0.05, 0) is 12.8 Å². The van der Waals surface area contributed by atoms with E-state index < -0.39 is 17.3 Å². The lowest BCUT2D eigenvalue weighted by atomic mass is 9.77. The highest BCUT2D eigenvalue weighted by Gasteiger charge is 2.40. The van der Waals surface area contributed by atoms with Crippen LogP contribution in [0, 0.1) is 12.3 Å². The minimum absolute atomic E-state index is 0.0154. The lowest BCUT2D eigenvalue weighted by Gasteiger charge is -2.26. The van der Waals surface area contributed by atoms with E-state index in [4.69, 9.17) is 4.42 Å². The molecule has 0 aliphatic heterocycles. The van der Waals surface area contributed by atoms with Gasteiger partial charge in [-0.2, -0.15) is 0 Å². The first-order chi connectivity index (χ1) is 9.52. The van der Waals surface area contributed by atoms with Crippen LogP contribution in [0.1, 0.15) is 50.8 Å². The van der Waals surface area contributed by atoms with E-state index in [-0.39, 0.29) is 12.4 Å². The van der Waals surface area contributed by atoms with Crippen LogP contribution in [0.15, 0.2) is 4.42 Å². The van der Waals surface area contributed by atoms with Crippen LogP contribution in [0.2, 0.25) is 0 Å². The van der Waals surface area contributed by atoms with E-state index in [0.717, 1.165) is 25.7 Å². The first-order valence-corrected chi connectivity index (χ1v) is 6.85. The number of aryl methyl sites for hydroxylation is 1. The third-order valence-corrected chi connectivity index (χ3v) is 3.79. The summed E-state index contributed by atoms with van der Waals surface area (Å²) in [4.78, 5) is 23.6. The number of hydrogen-bond acceptors (Lipinski definition) is 5. The van der Waals surface area contributed by atoms with Crippen molar-refractivity contribution in [2.75, 3.05) is 5.32 Å². The predicted octanol–water partition coefficient (Wildman–Crippen LogP) is 2.13. The molecule has 1 heterocycles. The average Bonchev–Trinajstić information content (AvgIpc) is 2.64. The minimum Gasteiger partial charge on any atom is -0.481 e. The topological polar surface area (TPSA) is 105 Å². The molecule has 1 aromatic rings. The second kappa shape index (κ2) is 6.02. The van der Waals surface area contributed by atoms with Crippen molar-refractivity contribution >= 4 is 17.9 Å². The number of carbonyl (C=O) groups excluding carboxylic acids is 1. The van der Waals surface area contributed by atoms with E-state index in [1.54, 1.807) is 6.92 Å². The van der Waals surface area contributed by atoms with E-state index in [0.29, 0.717) is 18.7 Å². The molecule has 20 heavy (non-hydrogen) atoms. The average molecular weight is 281 g/mol. The maximum absolute atomic E-state index is 12.0. The Hall–Kier alpha value is -1.92.